The number of amides is 1. The van der Waals surface area contributed by atoms with E-state index in [-0.39, 0.29) is 12.6 Å². The molecule has 0 N–H and O–H groups in total. The van der Waals surface area contributed by atoms with Crippen LogP contribution in [0.15, 0.2) is 30.9 Å². The van der Waals surface area contributed by atoms with Gasteiger partial charge < -0.3 is 9.64 Å². The number of rotatable bonds is 6. The molecule has 0 atom stereocenters. The highest BCUT2D eigenvalue weighted by atomic mass is 35.5. The van der Waals surface area contributed by atoms with E-state index in [9.17, 15) is 4.79 Å². The van der Waals surface area contributed by atoms with Gasteiger partial charge in [-0.15, -0.1) is 0 Å². The number of nitrogens with zero attached hydrogens (tertiary/aromatic N) is 3. The standard InChI is InChI=1S/C15H17Cl3N3O2/c1-2-4-20(15(22)21-5-3-19-10-21)6-7-23-14-12(17)8-11(16)9-13(14)18/h3,5,8-10,17H,2,4,6-7H2,1H3/q+1. The van der Waals surface area contributed by atoms with Crippen molar-refractivity contribution >= 4 is 29.2 Å². The van der Waals surface area contributed by atoms with Gasteiger partial charge in [0.05, 0.1) is 11.6 Å². The van der Waals surface area contributed by atoms with E-state index in [0.29, 0.717) is 33.9 Å². The summed E-state index contributed by atoms with van der Waals surface area (Å²) >= 11 is 17.2. The smallest absolute Gasteiger partial charge is 0.329 e. The Morgan fingerprint density at radius 3 is 2.78 bits per heavy atom. The number of benzene rings is 1. The van der Waals surface area contributed by atoms with E-state index in [4.69, 9.17) is 39.5 Å². The zero-order valence-corrected chi connectivity index (χ0v) is 14.9. The van der Waals surface area contributed by atoms with Gasteiger partial charge in [0.1, 0.15) is 12.9 Å². The molecule has 0 radical (unpaired) electrons. The maximum absolute atomic E-state index is 12.3. The molecule has 1 amide bonds. The fraction of sp³-hybridized carbons (Fsp3) is 0.333. The van der Waals surface area contributed by atoms with E-state index in [2.05, 4.69) is 4.98 Å². The van der Waals surface area contributed by atoms with Crippen molar-refractivity contribution in [3.63, 3.8) is 0 Å². The van der Waals surface area contributed by atoms with Crippen molar-refractivity contribution in [3.8, 4) is 5.75 Å². The average Bonchev–Trinajstić information content (AvgIpc) is 3.02. The van der Waals surface area contributed by atoms with Crippen LogP contribution in [0.3, 0.4) is 0 Å². The Morgan fingerprint density at radius 2 is 2.17 bits per heavy atom. The van der Waals surface area contributed by atoms with Crippen molar-refractivity contribution in [2.45, 2.75) is 13.3 Å². The third kappa shape index (κ3) is 4.77. The summed E-state index contributed by atoms with van der Waals surface area (Å²) < 4.78 is 7.09. The van der Waals surface area contributed by atoms with E-state index in [1.165, 1.54) is 10.9 Å². The molecule has 1 heterocycles. The summed E-state index contributed by atoms with van der Waals surface area (Å²) in [4.78, 5) is 17.9. The maximum Gasteiger partial charge on any atom is 0.329 e. The Bertz CT molecular complexity index is 639. The van der Waals surface area contributed by atoms with Crippen LogP contribution in [0.4, 0.5) is 4.79 Å². The van der Waals surface area contributed by atoms with Gasteiger partial charge in [-0.1, -0.05) is 30.1 Å². The van der Waals surface area contributed by atoms with E-state index in [0.717, 1.165) is 6.42 Å². The highest BCUT2D eigenvalue weighted by Crippen LogP contribution is 2.32. The molecule has 0 bridgehead atoms. The Labute approximate surface area is 149 Å². The third-order valence-electron chi connectivity index (χ3n) is 3.07. The predicted molar refractivity (Wildman–Crippen MR) is 87.4 cm³/mol. The monoisotopic (exact) mass is 376 g/mol. The fourth-order valence-corrected chi connectivity index (χ4v) is 3.01. The third-order valence-corrected chi connectivity index (χ3v) is 3.87. The van der Waals surface area contributed by atoms with Crippen LogP contribution in [0.1, 0.15) is 13.3 Å². The lowest BCUT2D eigenvalue weighted by atomic mass is 10.3. The van der Waals surface area contributed by atoms with Crippen LogP contribution in [0, 0.1) is 11.6 Å². The van der Waals surface area contributed by atoms with Gasteiger partial charge in [0.15, 0.2) is 11.6 Å². The molecular formula is C15H17Cl3N3O2+. The van der Waals surface area contributed by atoms with Gasteiger partial charge in [0, 0.05) is 30.0 Å². The molecule has 0 aliphatic rings. The molecule has 5 nitrogen and oxygen atoms in total. The Balaban J connectivity index is 1.99. The molecule has 23 heavy (non-hydrogen) atoms. The Kier molecular flexibility index (Phi) is 6.57. The summed E-state index contributed by atoms with van der Waals surface area (Å²) in [6.07, 6.45) is 5.50. The van der Waals surface area contributed by atoms with Crippen LogP contribution < -0.4 is 4.74 Å². The summed E-state index contributed by atoms with van der Waals surface area (Å²) in [5.74, 6) is 0.414. The summed E-state index contributed by atoms with van der Waals surface area (Å²) in [7, 11) is 0. The number of imidazole rings is 1. The van der Waals surface area contributed by atoms with Gasteiger partial charge in [-0.05, 0) is 12.5 Å². The largest absolute Gasteiger partial charge is 0.485 e. The predicted octanol–water partition coefficient (Wildman–Crippen LogP) is 3.65. The summed E-state index contributed by atoms with van der Waals surface area (Å²) in [5, 5.41) is 1.28. The molecule has 0 aliphatic carbocycles. The minimum Gasteiger partial charge on any atom is -0.485 e. The second kappa shape index (κ2) is 8.43. The van der Waals surface area contributed by atoms with Crippen molar-refractivity contribution in [2.24, 2.45) is 0 Å². The highest BCUT2D eigenvalue weighted by Gasteiger charge is 2.17. The molecule has 0 unspecified atom stereocenters. The first-order valence-corrected chi connectivity index (χ1v) is 8.25. The molecule has 0 spiro atoms. The lowest BCUT2D eigenvalue weighted by Gasteiger charge is -2.22. The van der Waals surface area contributed by atoms with Crippen LogP contribution >= 0.6 is 23.2 Å². The van der Waals surface area contributed by atoms with Crippen LogP contribution in [0.5, 0.6) is 5.75 Å². The number of carbonyl (C=O) groups excluding carboxylic acids is 1. The lowest BCUT2D eigenvalue weighted by molar-refractivity contribution is -0.290. The van der Waals surface area contributed by atoms with Crippen LogP contribution in [0.2, 0.25) is 15.1 Å². The van der Waals surface area contributed by atoms with Crippen molar-refractivity contribution < 1.29 is 21.1 Å². The van der Waals surface area contributed by atoms with E-state index < -0.39 is 0 Å². The van der Waals surface area contributed by atoms with Crippen LogP contribution in [-0.4, -0.2) is 40.2 Å². The zero-order valence-electron chi connectivity index (χ0n) is 12.5. The minimum atomic E-state index is -0.145. The molecule has 124 valence electrons. The topological polar surface area (TPSA) is 47.4 Å². The van der Waals surface area contributed by atoms with Gasteiger partial charge in [-0.3, -0.25) is 4.57 Å². The second-order valence-electron chi connectivity index (χ2n) is 4.80. The molecule has 2 rings (SSSR count). The van der Waals surface area contributed by atoms with Crippen LogP contribution in [0.25, 0.3) is 0 Å². The Morgan fingerprint density at radius 1 is 1.39 bits per heavy atom. The van der Waals surface area contributed by atoms with E-state index in [1.807, 2.05) is 6.92 Å². The van der Waals surface area contributed by atoms with E-state index in [1.54, 1.807) is 29.4 Å². The van der Waals surface area contributed by atoms with Crippen LogP contribution in [-0.2, 0) is 0 Å². The quantitative estimate of drug-likeness (QED) is 0.772. The van der Waals surface area contributed by atoms with Crippen molar-refractivity contribution in [1.82, 2.24) is 14.5 Å². The molecule has 0 fully saturated rings. The first-order chi connectivity index (χ1) is 11.0. The van der Waals surface area contributed by atoms with Crippen molar-refractivity contribution in [2.75, 3.05) is 19.7 Å². The average molecular weight is 378 g/mol. The number of aromatic nitrogens is 2. The maximum atomic E-state index is 12.3. The number of hydrogen-bond acceptors (Lipinski definition) is 3. The number of halogens is 3. The number of ether oxygens (including phenoxy) is 1. The molecule has 2 aromatic rings. The molecule has 1 aromatic heterocycles. The first-order valence-electron chi connectivity index (χ1n) is 7.09. The van der Waals surface area contributed by atoms with Gasteiger partial charge >= 0.3 is 6.03 Å². The normalized spacial score (nSPS) is 10.6. The number of hydrogen-bond donors (Lipinski definition) is 0. The Hall–Kier alpha value is -1.43. The van der Waals surface area contributed by atoms with E-state index >= 15 is 0 Å². The zero-order chi connectivity index (χ0) is 16.8. The number of carbonyl (C=O) groups is 1. The van der Waals surface area contributed by atoms with Crippen molar-refractivity contribution in [1.29, 1.82) is 0 Å². The fourth-order valence-electron chi connectivity index (χ4n) is 2.04. The molecular weight excluding hydrogens is 361 g/mol. The SMILES string of the molecule is CCCN(CCOc1c(Cl)cc(Cl)cc1[ClH+])C(=O)n1ccnc1. The van der Waals surface area contributed by atoms with Crippen molar-refractivity contribution in [3.05, 3.63) is 45.9 Å². The summed E-state index contributed by atoms with van der Waals surface area (Å²) in [6.45, 7) is 3.33. The molecule has 0 saturated carbocycles. The van der Waals surface area contributed by atoms with Gasteiger partial charge in [-0.25, -0.2) is 9.78 Å². The molecule has 1 aromatic carbocycles. The summed E-state index contributed by atoms with van der Waals surface area (Å²) in [5.41, 5.74) is 0. The molecule has 0 saturated heterocycles. The highest BCUT2D eigenvalue weighted by molar-refractivity contribution is 6.35. The minimum absolute atomic E-state index is 0.145. The summed E-state index contributed by atoms with van der Waals surface area (Å²) in [6, 6.07) is 3.04. The van der Waals surface area contributed by atoms with Gasteiger partial charge in [0.2, 0.25) is 5.75 Å². The molecule has 8 heteroatoms. The molecule has 0 aliphatic heterocycles. The second-order valence-corrected chi connectivity index (χ2v) is 6.09. The first kappa shape index (κ1) is 17.9. The van der Waals surface area contributed by atoms with Gasteiger partial charge in [0.25, 0.3) is 5.02 Å². The van der Waals surface area contributed by atoms with Gasteiger partial charge in [-0.2, -0.15) is 0 Å². The lowest BCUT2D eigenvalue weighted by Crippen LogP contribution is -2.37.